The average Bonchev–Trinajstić information content (AvgIpc) is 2.45. The van der Waals surface area contributed by atoms with Crippen LogP contribution in [-0.2, 0) is 0 Å². The molecule has 0 aliphatic heterocycles. The molecule has 0 bridgehead atoms. The van der Waals surface area contributed by atoms with E-state index in [1.807, 2.05) is 48.5 Å². The molecule has 0 saturated heterocycles. The molecule has 1 N–H and O–H groups in total. The van der Waals surface area contributed by atoms with E-state index in [2.05, 4.69) is 5.32 Å². The minimum atomic E-state index is 0.543. The van der Waals surface area contributed by atoms with E-state index in [0.717, 1.165) is 11.4 Å². The number of rotatable bonds is 6. The van der Waals surface area contributed by atoms with Gasteiger partial charge in [0.15, 0.2) is 0 Å². The maximum atomic E-state index is 6.00. The van der Waals surface area contributed by atoms with Gasteiger partial charge in [0, 0.05) is 18.3 Å². The van der Waals surface area contributed by atoms with Crippen LogP contribution in [0.2, 0.25) is 5.02 Å². The number of methoxy groups -OCH3 is 1. The van der Waals surface area contributed by atoms with Gasteiger partial charge in [-0.15, -0.1) is 0 Å². The molecule has 0 aliphatic carbocycles. The lowest BCUT2D eigenvalue weighted by Gasteiger charge is -2.10. The van der Waals surface area contributed by atoms with Gasteiger partial charge in [-0.1, -0.05) is 29.8 Å². The number of para-hydroxylation sites is 1. The van der Waals surface area contributed by atoms with E-state index in [0.29, 0.717) is 23.9 Å². The van der Waals surface area contributed by atoms with Crippen molar-refractivity contribution < 1.29 is 9.47 Å². The fourth-order valence-corrected chi connectivity index (χ4v) is 1.84. The van der Waals surface area contributed by atoms with E-state index in [1.165, 1.54) is 0 Å². The molecule has 2 aromatic carbocycles. The minimum Gasteiger partial charge on any atom is -0.497 e. The molecule has 2 rings (SSSR count). The smallest absolute Gasteiger partial charge is 0.137 e. The van der Waals surface area contributed by atoms with Gasteiger partial charge in [0.2, 0.25) is 0 Å². The first-order valence-corrected chi connectivity index (χ1v) is 6.42. The van der Waals surface area contributed by atoms with Crippen molar-refractivity contribution in [3.63, 3.8) is 0 Å². The van der Waals surface area contributed by atoms with Crippen LogP contribution < -0.4 is 14.8 Å². The van der Waals surface area contributed by atoms with Crippen molar-refractivity contribution in [1.82, 2.24) is 0 Å². The maximum absolute atomic E-state index is 6.00. The molecule has 4 heteroatoms. The summed E-state index contributed by atoms with van der Waals surface area (Å²) in [7, 11) is 1.65. The number of hydrogen-bond donors (Lipinski definition) is 1. The van der Waals surface area contributed by atoms with Crippen molar-refractivity contribution in [2.45, 2.75) is 0 Å². The molecular weight excluding hydrogens is 262 g/mol. The fourth-order valence-electron chi connectivity index (χ4n) is 1.65. The van der Waals surface area contributed by atoms with Gasteiger partial charge in [-0.25, -0.2) is 0 Å². The molecule has 0 heterocycles. The Morgan fingerprint density at radius 2 is 1.95 bits per heavy atom. The predicted octanol–water partition coefficient (Wildman–Crippen LogP) is 3.84. The van der Waals surface area contributed by atoms with Crippen LogP contribution in [0.5, 0.6) is 11.5 Å². The van der Waals surface area contributed by atoms with Crippen LogP contribution in [0.1, 0.15) is 0 Å². The lowest BCUT2D eigenvalue weighted by molar-refractivity contribution is 0.333. The molecule has 2 aromatic rings. The van der Waals surface area contributed by atoms with E-state index >= 15 is 0 Å². The summed E-state index contributed by atoms with van der Waals surface area (Å²) in [6.45, 7) is 1.24. The number of ether oxygens (including phenoxy) is 2. The summed E-state index contributed by atoms with van der Waals surface area (Å²) in [6, 6.07) is 15.2. The number of hydrogen-bond acceptors (Lipinski definition) is 3. The van der Waals surface area contributed by atoms with Gasteiger partial charge >= 0.3 is 0 Å². The van der Waals surface area contributed by atoms with Gasteiger partial charge in [0.25, 0.3) is 0 Å². The van der Waals surface area contributed by atoms with E-state index in [9.17, 15) is 0 Å². The summed E-state index contributed by atoms with van der Waals surface area (Å²) in [5, 5.41) is 3.89. The molecule has 0 amide bonds. The van der Waals surface area contributed by atoms with Gasteiger partial charge in [0.05, 0.1) is 12.1 Å². The Labute approximate surface area is 118 Å². The van der Waals surface area contributed by atoms with Gasteiger partial charge in [0.1, 0.15) is 18.1 Å². The van der Waals surface area contributed by atoms with Gasteiger partial charge < -0.3 is 14.8 Å². The minimum absolute atomic E-state index is 0.543. The van der Waals surface area contributed by atoms with Crippen molar-refractivity contribution in [2.75, 3.05) is 25.6 Å². The summed E-state index contributed by atoms with van der Waals surface area (Å²) < 4.78 is 10.7. The zero-order valence-electron chi connectivity index (χ0n) is 10.7. The summed E-state index contributed by atoms with van der Waals surface area (Å²) in [5.74, 6) is 1.54. The molecule has 0 fully saturated rings. The summed E-state index contributed by atoms with van der Waals surface area (Å²) in [6.07, 6.45) is 0. The molecular formula is C15H16ClNO2. The first-order valence-electron chi connectivity index (χ1n) is 6.05. The zero-order chi connectivity index (χ0) is 13.5. The molecule has 0 spiro atoms. The molecule has 0 radical (unpaired) electrons. The van der Waals surface area contributed by atoms with Crippen molar-refractivity contribution in [3.05, 3.63) is 53.6 Å². The first-order chi connectivity index (χ1) is 9.29. The van der Waals surface area contributed by atoms with E-state index in [4.69, 9.17) is 21.1 Å². The maximum Gasteiger partial charge on any atom is 0.137 e. The molecule has 0 unspecified atom stereocenters. The van der Waals surface area contributed by atoms with E-state index in [-0.39, 0.29) is 0 Å². The lowest BCUT2D eigenvalue weighted by Crippen LogP contribution is -2.11. The summed E-state index contributed by atoms with van der Waals surface area (Å²) in [4.78, 5) is 0. The molecule has 19 heavy (non-hydrogen) atoms. The molecule has 0 atom stereocenters. The van der Waals surface area contributed by atoms with Crippen LogP contribution in [0.25, 0.3) is 0 Å². The number of nitrogens with one attached hydrogen (secondary N) is 1. The standard InChI is InChI=1S/C15H16ClNO2/c1-18-13-6-4-5-12(11-13)17-9-10-19-15-8-3-2-7-14(15)16/h2-8,11,17H,9-10H2,1H3. The second kappa shape index (κ2) is 6.90. The van der Waals surface area contributed by atoms with Crippen LogP contribution in [0, 0.1) is 0 Å². The third-order valence-corrected chi connectivity index (χ3v) is 2.91. The fraction of sp³-hybridized carbons (Fsp3) is 0.200. The Morgan fingerprint density at radius 3 is 2.74 bits per heavy atom. The lowest BCUT2D eigenvalue weighted by atomic mass is 10.3. The Balaban J connectivity index is 1.79. The summed E-state index contributed by atoms with van der Waals surface area (Å²) >= 11 is 6.00. The Hall–Kier alpha value is -1.87. The van der Waals surface area contributed by atoms with Crippen LogP contribution in [0.3, 0.4) is 0 Å². The predicted molar refractivity (Wildman–Crippen MR) is 78.4 cm³/mol. The normalized spacial score (nSPS) is 10.0. The van der Waals surface area contributed by atoms with E-state index in [1.54, 1.807) is 7.11 Å². The molecule has 0 saturated carbocycles. The summed E-state index contributed by atoms with van der Waals surface area (Å²) in [5.41, 5.74) is 1.00. The van der Waals surface area contributed by atoms with Gasteiger partial charge in [-0.05, 0) is 24.3 Å². The molecule has 3 nitrogen and oxygen atoms in total. The molecule has 100 valence electrons. The number of halogens is 1. The van der Waals surface area contributed by atoms with Crippen LogP contribution in [0.15, 0.2) is 48.5 Å². The topological polar surface area (TPSA) is 30.5 Å². The Kier molecular flexibility index (Phi) is 4.93. The Bertz CT molecular complexity index is 531. The highest BCUT2D eigenvalue weighted by molar-refractivity contribution is 6.32. The second-order valence-electron chi connectivity index (χ2n) is 3.94. The highest BCUT2D eigenvalue weighted by atomic mass is 35.5. The highest BCUT2D eigenvalue weighted by Gasteiger charge is 1.99. The quantitative estimate of drug-likeness (QED) is 0.814. The van der Waals surface area contributed by atoms with E-state index < -0.39 is 0 Å². The van der Waals surface area contributed by atoms with Crippen molar-refractivity contribution in [3.8, 4) is 11.5 Å². The van der Waals surface area contributed by atoms with Crippen molar-refractivity contribution >= 4 is 17.3 Å². The van der Waals surface area contributed by atoms with Crippen LogP contribution in [0.4, 0.5) is 5.69 Å². The SMILES string of the molecule is COc1cccc(NCCOc2ccccc2Cl)c1. The average molecular weight is 278 g/mol. The number of anilines is 1. The van der Waals surface area contributed by atoms with Crippen molar-refractivity contribution in [2.24, 2.45) is 0 Å². The number of benzene rings is 2. The van der Waals surface area contributed by atoms with Crippen molar-refractivity contribution in [1.29, 1.82) is 0 Å². The van der Waals surface area contributed by atoms with Gasteiger partial charge in [-0.2, -0.15) is 0 Å². The zero-order valence-corrected chi connectivity index (χ0v) is 11.5. The highest BCUT2D eigenvalue weighted by Crippen LogP contribution is 2.23. The third-order valence-electron chi connectivity index (χ3n) is 2.60. The largest absolute Gasteiger partial charge is 0.497 e. The molecule has 0 aliphatic rings. The van der Waals surface area contributed by atoms with Gasteiger partial charge in [-0.3, -0.25) is 0 Å². The first kappa shape index (κ1) is 13.6. The second-order valence-corrected chi connectivity index (χ2v) is 4.34. The third kappa shape index (κ3) is 4.07. The van der Waals surface area contributed by atoms with Crippen LogP contribution >= 0.6 is 11.6 Å². The van der Waals surface area contributed by atoms with Crippen LogP contribution in [-0.4, -0.2) is 20.3 Å². The monoisotopic (exact) mass is 277 g/mol. The molecule has 0 aromatic heterocycles. The Morgan fingerprint density at radius 1 is 1.11 bits per heavy atom.